The van der Waals surface area contributed by atoms with E-state index in [2.05, 4.69) is 9.72 Å². The van der Waals surface area contributed by atoms with Crippen LogP contribution in [-0.2, 0) is 16.0 Å². The van der Waals surface area contributed by atoms with Crippen LogP contribution in [0, 0.1) is 12.7 Å². The third kappa shape index (κ3) is 2.73. The van der Waals surface area contributed by atoms with Gasteiger partial charge in [-0.2, -0.15) is 0 Å². The summed E-state index contributed by atoms with van der Waals surface area (Å²) in [6.45, 7) is 1.63. The van der Waals surface area contributed by atoms with E-state index in [4.69, 9.17) is 5.73 Å². The summed E-state index contributed by atoms with van der Waals surface area (Å²) in [5.74, 6) is -0.991. The smallest absolute Gasteiger partial charge is 0.323 e. The van der Waals surface area contributed by atoms with Gasteiger partial charge in [-0.25, -0.2) is 4.39 Å². The van der Waals surface area contributed by atoms with Gasteiger partial charge in [0, 0.05) is 12.6 Å². The summed E-state index contributed by atoms with van der Waals surface area (Å²) in [7, 11) is 1.24. The summed E-state index contributed by atoms with van der Waals surface area (Å²) < 4.78 is 17.9. The van der Waals surface area contributed by atoms with Crippen LogP contribution in [-0.4, -0.2) is 24.1 Å². The first-order chi connectivity index (χ1) is 7.06. The molecule has 1 heterocycles. The first-order valence-electron chi connectivity index (χ1n) is 4.49. The summed E-state index contributed by atoms with van der Waals surface area (Å²) in [5.41, 5.74) is 6.17. The van der Waals surface area contributed by atoms with Gasteiger partial charge in [-0.15, -0.1) is 0 Å². The number of ether oxygens (including phenoxy) is 1. The molecule has 15 heavy (non-hydrogen) atoms. The van der Waals surface area contributed by atoms with Gasteiger partial charge in [-0.05, 0) is 18.6 Å². The van der Waals surface area contributed by atoms with E-state index in [-0.39, 0.29) is 12.1 Å². The maximum Gasteiger partial charge on any atom is 0.323 e. The molecule has 82 valence electrons. The molecule has 0 radical (unpaired) electrons. The Labute approximate surface area is 87.3 Å². The van der Waals surface area contributed by atoms with Crippen LogP contribution in [0.5, 0.6) is 0 Å². The van der Waals surface area contributed by atoms with Gasteiger partial charge in [0.25, 0.3) is 0 Å². The highest BCUT2D eigenvalue weighted by Gasteiger charge is 2.17. The zero-order valence-corrected chi connectivity index (χ0v) is 8.66. The maximum atomic E-state index is 13.5. The van der Waals surface area contributed by atoms with E-state index in [1.54, 1.807) is 13.0 Å². The molecule has 0 aliphatic rings. The Balaban J connectivity index is 2.81. The lowest BCUT2D eigenvalue weighted by Gasteiger charge is -2.09. The molecule has 0 bridgehead atoms. The highest BCUT2D eigenvalue weighted by atomic mass is 19.1. The van der Waals surface area contributed by atoms with Crippen LogP contribution in [0.2, 0.25) is 0 Å². The number of rotatable bonds is 3. The third-order valence-electron chi connectivity index (χ3n) is 2.07. The zero-order chi connectivity index (χ0) is 11.4. The fourth-order valence-electron chi connectivity index (χ4n) is 1.18. The van der Waals surface area contributed by atoms with Gasteiger partial charge >= 0.3 is 5.97 Å². The van der Waals surface area contributed by atoms with E-state index in [1.807, 2.05) is 0 Å². The molecule has 0 fully saturated rings. The van der Waals surface area contributed by atoms with E-state index in [0.29, 0.717) is 5.56 Å². The maximum absolute atomic E-state index is 13.5. The summed E-state index contributed by atoms with van der Waals surface area (Å²) >= 11 is 0. The van der Waals surface area contributed by atoms with E-state index in [0.717, 1.165) is 0 Å². The molecule has 1 atom stereocenters. The molecule has 0 amide bonds. The van der Waals surface area contributed by atoms with E-state index in [1.165, 1.54) is 13.3 Å². The number of halogens is 1. The van der Waals surface area contributed by atoms with Crippen molar-refractivity contribution in [2.24, 2.45) is 5.73 Å². The molecular formula is C10H13FN2O2. The number of pyridine rings is 1. The molecule has 1 rings (SSSR count). The summed E-state index contributed by atoms with van der Waals surface area (Å²) in [4.78, 5) is 14.8. The summed E-state index contributed by atoms with van der Waals surface area (Å²) in [5, 5.41) is 0. The van der Waals surface area contributed by atoms with Crippen LogP contribution in [0.25, 0.3) is 0 Å². The lowest BCUT2D eigenvalue weighted by molar-refractivity contribution is -0.142. The topological polar surface area (TPSA) is 65.2 Å². The van der Waals surface area contributed by atoms with E-state index < -0.39 is 17.8 Å². The van der Waals surface area contributed by atoms with Crippen molar-refractivity contribution in [2.45, 2.75) is 19.4 Å². The lowest BCUT2D eigenvalue weighted by atomic mass is 10.1. The van der Waals surface area contributed by atoms with Gasteiger partial charge in [0.05, 0.1) is 12.8 Å². The monoisotopic (exact) mass is 212 g/mol. The standard InChI is InChI=1S/C10H13FN2O2/c1-6-3-4-13-8(9(6)11)5-7(12)10(14)15-2/h3-4,7H,5,12H2,1-2H3/t7-/m1/s1. The van der Waals surface area contributed by atoms with E-state index >= 15 is 0 Å². The van der Waals surface area contributed by atoms with Crippen molar-refractivity contribution in [3.63, 3.8) is 0 Å². The van der Waals surface area contributed by atoms with Crippen LogP contribution in [0.4, 0.5) is 4.39 Å². The molecule has 0 aliphatic heterocycles. The zero-order valence-electron chi connectivity index (χ0n) is 8.66. The SMILES string of the molecule is COC(=O)[C@H](N)Cc1nccc(C)c1F. The van der Waals surface area contributed by atoms with Gasteiger partial charge in [-0.1, -0.05) is 0 Å². The van der Waals surface area contributed by atoms with Crippen molar-refractivity contribution in [3.05, 3.63) is 29.3 Å². The number of carbonyl (C=O) groups is 1. The van der Waals surface area contributed by atoms with Crippen LogP contribution in [0.1, 0.15) is 11.3 Å². The number of methoxy groups -OCH3 is 1. The average molecular weight is 212 g/mol. The Morgan fingerprint density at radius 2 is 2.40 bits per heavy atom. The van der Waals surface area contributed by atoms with Crippen molar-refractivity contribution < 1.29 is 13.9 Å². The van der Waals surface area contributed by atoms with Crippen molar-refractivity contribution >= 4 is 5.97 Å². The highest BCUT2D eigenvalue weighted by Crippen LogP contribution is 2.10. The summed E-state index contributed by atoms with van der Waals surface area (Å²) in [6.07, 6.45) is 1.53. The number of aromatic nitrogens is 1. The number of hydrogen-bond donors (Lipinski definition) is 1. The van der Waals surface area contributed by atoms with Gasteiger partial charge in [0.2, 0.25) is 0 Å². The highest BCUT2D eigenvalue weighted by molar-refractivity contribution is 5.75. The fourth-order valence-corrected chi connectivity index (χ4v) is 1.18. The minimum Gasteiger partial charge on any atom is -0.468 e. The number of carbonyl (C=O) groups excluding carboxylic acids is 1. The van der Waals surface area contributed by atoms with Crippen molar-refractivity contribution in [3.8, 4) is 0 Å². The van der Waals surface area contributed by atoms with Crippen molar-refractivity contribution in [1.29, 1.82) is 0 Å². The molecule has 0 spiro atoms. The van der Waals surface area contributed by atoms with Gasteiger partial charge in [0.15, 0.2) is 0 Å². The van der Waals surface area contributed by atoms with Crippen molar-refractivity contribution in [2.75, 3.05) is 7.11 Å². The van der Waals surface area contributed by atoms with Crippen LogP contribution in [0.3, 0.4) is 0 Å². The second kappa shape index (κ2) is 4.84. The lowest BCUT2D eigenvalue weighted by Crippen LogP contribution is -2.34. The quantitative estimate of drug-likeness (QED) is 0.744. The van der Waals surface area contributed by atoms with Gasteiger partial charge < -0.3 is 10.5 Å². The second-order valence-corrected chi connectivity index (χ2v) is 3.22. The van der Waals surface area contributed by atoms with Crippen molar-refractivity contribution in [1.82, 2.24) is 4.98 Å². The molecule has 0 unspecified atom stereocenters. The molecule has 1 aromatic rings. The number of nitrogens with zero attached hydrogens (tertiary/aromatic N) is 1. The number of aryl methyl sites for hydroxylation is 1. The molecule has 1 aromatic heterocycles. The van der Waals surface area contributed by atoms with Crippen LogP contribution >= 0.6 is 0 Å². The molecule has 0 saturated heterocycles. The molecule has 0 saturated carbocycles. The molecule has 0 aromatic carbocycles. The average Bonchev–Trinajstić information content (AvgIpc) is 2.23. The Kier molecular flexibility index (Phi) is 3.74. The second-order valence-electron chi connectivity index (χ2n) is 3.22. The predicted octanol–water partition coefficient (Wildman–Crippen LogP) is 0.572. The number of hydrogen-bond acceptors (Lipinski definition) is 4. The fraction of sp³-hybridized carbons (Fsp3) is 0.400. The van der Waals surface area contributed by atoms with Crippen LogP contribution in [0.15, 0.2) is 12.3 Å². The molecule has 4 nitrogen and oxygen atoms in total. The molecule has 0 aliphatic carbocycles. The molecular weight excluding hydrogens is 199 g/mol. The summed E-state index contributed by atoms with van der Waals surface area (Å²) in [6, 6.07) is 0.682. The van der Waals surface area contributed by atoms with Gasteiger partial charge in [-0.3, -0.25) is 9.78 Å². The molecule has 2 N–H and O–H groups in total. The first-order valence-corrected chi connectivity index (χ1v) is 4.49. The van der Waals surface area contributed by atoms with E-state index in [9.17, 15) is 9.18 Å². The molecule has 5 heteroatoms. The third-order valence-corrected chi connectivity index (χ3v) is 2.07. The van der Waals surface area contributed by atoms with Crippen LogP contribution < -0.4 is 5.73 Å². The largest absolute Gasteiger partial charge is 0.468 e. The Morgan fingerprint density at radius 1 is 1.73 bits per heavy atom. The minimum atomic E-state index is -0.876. The van der Waals surface area contributed by atoms with Gasteiger partial charge in [0.1, 0.15) is 11.9 Å². The minimum absolute atomic E-state index is 0.0419. The normalized spacial score (nSPS) is 12.3. The Bertz CT molecular complexity index is 368. The Morgan fingerprint density at radius 3 is 3.00 bits per heavy atom. The Hall–Kier alpha value is -1.49. The number of esters is 1. The predicted molar refractivity (Wildman–Crippen MR) is 52.6 cm³/mol. The first kappa shape index (κ1) is 11.6. The number of nitrogens with two attached hydrogens (primary N) is 1.